The van der Waals surface area contributed by atoms with Gasteiger partial charge in [0.05, 0.1) is 0 Å². The van der Waals surface area contributed by atoms with Crippen LogP contribution in [0.4, 0.5) is 11.4 Å². The van der Waals surface area contributed by atoms with Gasteiger partial charge in [0.15, 0.2) is 0 Å². The van der Waals surface area contributed by atoms with E-state index in [4.69, 9.17) is 36.2 Å². The van der Waals surface area contributed by atoms with Gasteiger partial charge in [0.1, 0.15) is 17.2 Å². The number of rotatable bonds is 3. The molecule has 0 unspecified atom stereocenters. The minimum atomic E-state index is -0.102. The van der Waals surface area contributed by atoms with E-state index in [1.165, 1.54) is 33.4 Å². The predicted octanol–water partition coefficient (Wildman–Crippen LogP) is 9.33. The molecule has 0 aliphatic carbocycles. The van der Waals surface area contributed by atoms with Crippen molar-refractivity contribution in [3.05, 3.63) is 149 Å². The van der Waals surface area contributed by atoms with Crippen LogP contribution in [-0.4, -0.2) is 12.0 Å². The van der Waals surface area contributed by atoms with E-state index in [1.807, 2.05) is 80.6 Å². The van der Waals surface area contributed by atoms with E-state index in [9.17, 15) is 0 Å². The van der Waals surface area contributed by atoms with Gasteiger partial charge in [-0.25, -0.2) is 0 Å². The van der Waals surface area contributed by atoms with E-state index >= 15 is 0 Å². The third kappa shape index (κ3) is 14.9. The summed E-state index contributed by atoms with van der Waals surface area (Å²) in [7, 11) is 0. The molecule has 50 heavy (non-hydrogen) atoms. The molecule has 0 amide bonds. The maximum Gasteiger partial charge on any atom is 0.410 e. The molecule has 0 saturated heterocycles. The molecule has 9 heteroatoms. The summed E-state index contributed by atoms with van der Waals surface area (Å²) >= 11 is 0. The number of nitrogens with zero attached hydrogens (tertiary/aromatic N) is 4. The standard InChI is InChI=1S/C14H10N2O2.C9H8N2O.2C9H13N/c15-11-16-14(17-12-7-3-1-4-8-12)18-13-9-5-2-6-10-13;1-8(11-7-10)12-9-5-3-2-4-6-9;2*1-6-4-7(2)8(3)9(10)5-6/h1-10H;2-6H,1H3;2*4-5H,10H2,1-3H3. The highest BCUT2D eigenvalue weighted by Crippen LogP contribution is 2.18. The van der Waals surface area contributed by atoms with Gasteiger partial charge in [0.2, 0.25) is 18.3 Å². The molecule has 5 aromatic carbocycles. The van der Waals surface area contributed by atoms with E-state index < -0.39 is 0 Å². The number of anilines is 2. The molecule has 5 aromatic rings. The fourth-order valence-corrected chi connectivity index (χ4v) is 4.18. The molecular weight excluding hydrogens is 624 g/mol. The molecule has 0 atom stereocenters. The molecule has 0 saturated carbocycles. The van der Waals surface area contributed by atoms with Crippen molar-refractivity contribution in [2.24, 2.45) is 9.98 Å². The number of nitriles is 2. The summed E-state index contributed by atoms with van der Waals surface area (Å²) in [5, 5.41) is 16.8. The Morgan fingerprint density at radius 2 is 0.860 bits per heavy atom. The van der Waals surface area contributed by atoms with Crippen LogP contribution < -0.4 is 25.7 Å². The lowest BCUT2D eigenvalue weighted by atomic mass is 10.1. The maximum absolute atomic E-state index is 8.60. The summed E-state index contributed by atoms with van der Waals surface area (Å²) in [6, 6.07) is 35.5. The van der Waals surface area contributed by atoms with Crippen LogP contribution in [0.1, 0.15) is 40.3 Å². The van der Waals surface area contributed by atoms with Crippen LogP contribution in [0.5, 0.6) is 17.2 Å². The average molecular weight is 669 g/mol. The van der Waals surface area contributed by atoms with E-state index in [1.54, 1.807) is 55.7 Å². The largest absolute Gasteiger partial charge is 0.443 e. The fraction of sp³-hybridized carbons (Fsp3) is 0.171. The van der Waals surface area contributed by atoms with Gasteiger partial charge in [0, 0.05) is 18.3 Å². The lowest BCUT2D eigenvalue weighted by Gasteiger charge is -2.07. The fourth-order valence-electron chi connectivity index (χ4n) is 4.18. The minimum Gasteiger partial charge on any atom is -0.443 e. The highest BCUT2D eigenvalue weighted by molar-refractivity contribution is 5.76. The zero-order chi connectivity index (χ0) is 36.9. The van der Waals surface area contributed by atoms with Crippen LogP contribution in [0, 0.1) is 64.5 Å². The van der Waals surface area contributed by atoms with Gasteiger partial charge in [-0.1, -0.05) is 71.7 Å². The monoisotopic (exact) mass is 668 g/mol. The second-order valence-electron chi connectivity index (χ2n) is 11.0. The summed E-state index contributed by atoms with van der Waals surface area (Å²) in [5.74, 6) is 2.16. The van der Waals surface area contributed by atoms with Crippen molar-refractivity contribution in [3.63, 3.8) is 0 Å². The first kappa shape index (κ1) is 39.6. The number of hydrogen-bond donors (Lipinski definition) is 2. The molecule has 0 spiro atoms. The molecule has 0 aliphatic heterocycles. The minimum absolute atomic E-state index is 0.102. The van der Waals surface area contributed by atoms with Crippen LogP contribution in [0.15, 0.2) is 125 Å². The number of aryl methyl sites for hydroxylation is 4. The van der Waals surface area contributed by atoms with Crippen molar-refractivity contribution in [1.29, 1.82) is 10.5 Å². The highest BCUT2D eigenvalue weighted by Gasteiger charge is 2.06. The molecular formula is C41H44N6O3. The molecule has 0 aromatic heterocycles. The van der Waals surface area contributed by atoms with Gasteiger partial charge < -0.3 is 25.7 Å². The van der Waals surface area contributed by atoms with Crippen molar-refractivity contribution in [2.75, 3.05) is 11.5 Å². The Balaban J connectivity index is 0.000000240. The third-order valence-electron chi connectivity index (χ3n) is 6.96. The van der Waals surface area contributed by atoms with Crippen LogP contribution in [-0.2, 0) is 0 Å². The van der Waals surface area contributed by atoms with Crippen molar-refractivity contribution in [3.8, 4) is 29.6 Å². The zero-order valence-corrected chi connectivity index (χ0v) is 29.6. The number of nitrogen functional groups attached to an aromatic ring is 2. The second kappa shape index (κ2) is 21.3. The maximum atomic E-state index is 8.60. The van der Waals surface area contributed by atoms with E-state index in [-0.39, 0.29) is 6.08 Å². The Morgan fingerprint density at radius 3 is 1.18 bits per heavy atom. The smallest absolute Gasteiger partial charge is 0.410 e. The lowest BCUT2D eigenvalue weighted by molar-refractivity contribution is 0.386. The Bertz CT molecular complexity index is 1780. The Kier molecular flexibility index (Phi) is 16.9. The lowest BCUT2D eigenvalue weighted by Crippen LogP contribution is -2.16. The zero-order valence-electron chi connectivity index (χ0n) is 29.6. The summed E-state index contributed by atoms with van der Waals surface area (Å²) in [6.45, 7) is 14.0. The van der Waals surface area contributed by atoms with E-state index in [0.717, 1.165) is 11.4 Å². The van der Waals surface area contributed by atoms with Crippen LogP contribution in [0.3, 0.4) is 0 Å². The first-order chi connectivity index (χ1) is 23.9. The third-order valence-corrected chi connectivity index (χ3v) is 6.96. The summed E-state index contributed by atoms with van der Waals surface area (Å²) in [4.78, 5) is 6.91. The molecule has 0 aliphatic rings. The molecule has 0 fully saturated rings. The van der Waals surface area contributed by atoms with Gasteiger partial charge >= 0.3 is 6.08 Å². The summed E-state index contributed by atoms with van der Waals surface area (Å²) < 4.78 is 15.9. The van der Waals surface area contributed by atoms with Gasteiger partial charge in [-0.3, -0.25) is 0 Å². The Labute approximate surface area is 295 Å². The first-order valence-electron chi connectivity index (χ1n) is 15.7. The Morgan fingerprint density at radius 1 is 0.520 bits per heavy atom. The molecule has 256 valence electrons. The molecule has 0 heterocycles. The van der Waals surface area contributed by atoms with Crippen molar-refractivity contribution in [2.45, 2.75) is 48.5 Å². The van der Waals surface area contributed by atoms with Crippen molar-refractivity contribution < 1.29 is 14.2 Å². The molecule has 5 rings (SSSR count). The van der Waals surface area contributed by atoms with Gasteiger partial charge in [0.25, 0.3) is 0 Å². The van der Waals surface area contributed by atoms with Crippen LogP contribution >= 0.6 is 0 Å². The number of para-hydroxylation sites is 3. The number of nitrogens with two attached hydrogens (primary N) is 2. The van der Waals surface area contributed by atoms with Crippen LogP contribution in [0.2, 0.25) is 0 Å². The van der Waals surface area contributed by atoms with Gasteiger partial charge in [-0.15, -0.1) is 4.99 Å². The molecule has 0 bridgehead atoms. The summed E-state index contributed by atoms with van der Waals surface area (Å²) in [5.41, 5.74) is 20.7. The van der Waals surface area contributed by atoms with Gasteiger partial charge in [-0.05, 0) is 123 Å². The molecule has 0 radical (unpaired) electrons. The average Bonchev–Trinajstić information content (AvgIpc) is 3.08. The predicted molar refractivity (Wildman–Crippen MR) is 203 cm³/mol. The number of benzene rings is 5. The number of aliphatic imine (C=N–C) groups is 2. The Hall–Kier alpha value is -6.58. The first-order valence-corrected chi connectivity index (χ1v) is 15.7. The van der Waals surface area contributed by atoms with E-state index in [2.05, 4.69) is 49.8 Å². The normalized spacial score (nSPS) is 9.74. The number of ether oxygens (including phenoxy) is 3. The highest BCUT2D eigenvalue weighted by atomic mass is 16.7. The quantitative estimate of drug-likeness (QED) is 0.0841. The SMILES string of the molecule is CC(=NC#N)Oc1ccccc1.Cc1cc(C)c(C)c(N)c1.Cc1cc(C)c(C)c(N)c1.N#CN=C(Oc1ccccc1)Oc1ccccc1. The van der Waals surface area contributed by atoms with Crippen molar-refractivity contribution in [1.82, 2.24) is 0 Å². The topological polar surface area (TPSA) is 152 Å². The van der Waals surface area contributed by atoms with Gasteiger partial charge in [-0.2, -0.15) is 10.5 Å². The van der Waals surface area contributed by atoms with Crippen LogP contribution in [0.25, 0.3) is 0 Å². The summed E-state index contributed by atoms with van der Waals surface area (Å²) in [6.07, 6.45) is 3.19. The second-order valence-corrected chi connectivity index (χ2v) is 11.0. The number of hydrogen-bond acceptors (Lipinski definition) is 9. The molecule has 9 nitrogen and oxygen atoms in total. The van der Waals surface area contributed by atoms with E-state index in [0.29, 0.717) is 23.1 Å². The van der Waals surface area contributed by atoms with Crippen molar-refractivity contribution >= 4 is 23.4 Å². The molecule has 4 N–H and O–H groups in total.